The van der Waals surface area contributed by atoms with Gasteiger partial charge in [0, 0.05) is 61.5 Å². The maximum absolute atomic E-state index is 3.22. The molecule has 1 aromatic heterocycles. The van der Waals surface area contributed by atoms with Gasteiger partial charge in [0.05, 0.1) is 22.4 Å². The molecule has 0 saturated carbocycles. The Bertz CT molecular complexity index is 6080. The van der Waals surface area contributed by atoms with E-state index < -0.39 is 8.07 Å². The van der Waals surface area contributed by atoms with E-state index in [0.29, 0.717) is 0 Å². The predicted molar refractivity (Wildman–Crippen MR) is 483 cm³/mol. The van der Waals surface area contributed by atoms with Gasteiger partial charge in [-0.2, -0.15) is 0 Å². The van der Waals surface area contributed by atoms with Crippen molar-refractivity contribution in [1.29, 1.82) is 0 Å². The molecule has 538 valence electrons. The monoisotopic (exact) mass is 1450 g/mol. The standard InChI is InChI=1S/C107H88BN3Si/c1-72(2)81-64-89(75-40-22-11-23-41-75)104(90(65-81)76-42-24-12-25-43-76)111-100-71-88(112(85-48-30-15-31-49-85,86-50-32-16-33-51-86)87-52-34-17-35-53-87)57-59-96(100)108-95-58-56-84(109-97-60-54-79(73-36-18-9-19-37-73)62-93(97)94-63-80(55-61-98(94)109)74-38-20-10-21-39-74)70-99(95)110(101-68-83(107(6,7)8)69-102(111)103(101)108)105-91(77-44-26-13-27-45-77)66-82(106(3,4)5)67-92(105)78-46-28-14-29-47-78/h9-72H,1-8H3. The van der Waals surface area contributed by atoms with Gasteiger partial charge in [-0.1, -0.05) is 359 Å². The Kier molecular flexibility index (Phi) is 17.4. The van der Waals surface area contributed by atoms with Crippen LogP contribution in [0.4, 0.5) is 34.1 Å². The Balaban J connectivity index is 0.997. The van der Waals surface area contributed by atoms with E-state index >= 15 is 0 Å². The Morgan fingerprint density at radius 1 is 0.277 bits per heavy atom. The van der Waals surface area contributed by atoms with Crippen molar-refractivity contribution < 1.29 is 0 Å². The highest BCUT2D eigenvalue weighted by atomic mass is 28.3. The summed E-state index contributed by atoms with van der Waals surface area (Å²) >= 11 is 0. The molecule has 3 nitrogen and oxygen atoms in total. The first kappa shape index (κ1) is 69.6. The summed E-state index contributed by atoms with van der Waals surface area (Å²) in [5.74, 6) is 0.230. The lowest BCUT2D eigenvalue weighted by atomic mass is 9.33. The second-order valence-corrected chi connectivity index (χ2v) is 36.7. The van der Waals surface area contributed by atoms with E-state index in [9.17, 15) is 0 Å². The van der Waals surface area contributed by atoms with Crippen LogP contribution in [0, 0.1) is 0 Å². The highest BCUT2D eigenvalue weighted by Crippen LogP contribution is 2.55. The van der Waals surface area contributed by atoms with Gasteiger partial charge in [0.25, 0.3) is 6.71 Å². The van der Waals surface area contributed by atoms with Crippen LogP contribution in [-0.4, -0.2) is 19.4 Å². The molecule has 0 saturated heterocycles. The van der Waals surface area contributed by atoms with Crippen LogP contribution < -0.4 is 46.9 Å². The molecule has 19 rings (SSSR count). The first-order valence-electron chi connectivity index (χ1n) is 39.7. The second kappa shape index (κ2) is 27.9. The molecule has 0 radical (unpaired) electrons. The molecule has 0 spiro atoms. The third kappa shape index (κ3) is 11.9. The van der Waals surface area contributed by atoms with Gasteiger partial charge in [-0.3, -0.25) is 0 Å². The predicted octanol–water partition coefficient (Wildman–Crippen LogP) is 24.0. The number of aromatic nitrogens is 1. The number of anilines is 6. The van der Waals surface area contributed by atoms with E-state index in [-0.39, 0.29) is 23.5 Å². The molecule has 0 amide bonds. The zero-order valence-electron chi connectivity index (χ0n) is 64.9. The molecular formula is C107H88BN3Si. The summed E-state index contributed by atoms with van der Waals surface area (Å²) in [5, 5.41) is 7.69. The number of fused-ring (bicyclic) bond motifs is 7. The van der Waals surface area contributed by atoms with Crippen LogP contribution >= 0.6 is 0 Å². The molecule has 0 atom stereocenters. The lowest BCUT2D eigenvalue weighted by Crippen LogP contribution is -2.75. The fraction of sp³-hybridized carbons (Fsp3) is 0.103. The Labute approximate surface area is 661 Å². The van der Waals surface area contributed by atoms with Crippen molar-refractivity contribution in [2.45, 2.75) is 72.1 Å². The van der Waals surface area contributed by atoms with Gasteiger partial charge >= 0.3 is 0 Å². The SMILES string of the molecule is CC(C)c1cc(-c2ccccc2)c(N2c3cc([Si](c4ccccc4)(c4ccccc4)c4ccccc4)ccc3B3c4ccc(-n5c6ccc(-c7ccccc7)cc6c6cc(-c7ccccc7)ccc65)cc4N(c4c(-c5ccccc5)cc(C(C)(C)C)cc4-c4ccccc4)c4cc(C(C)(C)C)cc2c43)c(-c2ccccc2)c1. The molecule has 0 bridgehead atoms. The van der Waals surface area contributed by atoms with Crippen molar-refractivity contribution in [2.24, 2.45) is 0 Å². The Morgan fingerprint density at radius 2 is 0.607 bits per heavy atom. The summed E-state index contributed by atoms with van der Waals surface area (Å²) in [6.07, 6.45) is 0. The fourth-order valence-electron chi connectivity index (χ4n) is 18.1. The zero-order chi connectivity index (χ0) is 76.0. The van der Waals surface area contributed by atoms with Crippen LogP contribution in [0.1, 0.15) is 78.0 Å². The van der Waals surface area contributed by atoms with E-state index in [1.165, 1.54) is 109 Å². The van der Waals surface area contributed by atoms with E-state index in [0.717, 1.165) is 73.1 Å². The summed E-state index contributed by atoms with van der Waals surface area (Å²) in [7, 11) is -3.22. The van der Waals surface area contributed by atoms with Crippen molar-refractivity contribution in [3.8, 4) is 72.4 Å². The van der Waals surface area contributed by atoms with Crippen LogP contribution in [-0.2, 0) is 10.8 Å². The molecule has 0 fully saturated rings. The molecule has 16 aromatic carbocycles. The number of rotatable bonds is 14. The molecule has 2 aliphatic rings. The average molecular weight is 1450 g/mol. The molecule has 0 unspecified atom stereocenters. The third-order valence-electron chi connectivity index (χ3n) is 23.8. The van der Waals surface area contributed by atoms with Gasteiger partial charge in [0.1, 0.15) is 0 Å². The average Bonchev–Trinajstić information content (AvgIpc) is 0.717. The molecule has 5 heteroatoms. The highest BCUT2D eigenvalue weighted by molar-refractivity contribution is 7.20. The molecule has 112 heavy (non-hydrogen) atoms. The van der Waals surface area contributed by atoms with Crippen LogP contribution in [0.25, 0.3) is 94.3 Å². The van der Waals surface area contributed by atoms with Crippen LogP contribution in [0.3, 0.4) is 0 Å². The molecular weight excluding hydrogens is 1370 g/mol. The molecule has 3 heterocycles. The smallest absolute Gasteiger partial charge is 0.252 e. The summed E-state index contributed by atoms with van der Waals surface area (Å²) in [4.78, 5) is 5.53. The van der Waals surface area contributed by atoms with E-state index in [1.54, 1.807) is 0 Å². The number of benzene rings is 16. The second-order valence-electron chi connectivity index (χ2n) is 32.9. The van der Waals surface area contributed by atoms with Crippen LogP contribution in [0.5, 0.6) is 0 Å². The Hall–Kier alpha value is -12.8. The minimum Gasteiger partial charge on any atom is -0.310 e. The van der Waals surface area contributed by atoms with Gasteiger partial charge in [-0.15, -0.1) is 0 Å². The topological polar surface area (TPSA) is 11.4 Å². The number of nitrogens with zero attached hydrogens (tertiary/aromatic N) is 3. The highest BCUT2D eigenvalue weighted by Gasteiger charge is 2.49. The number of hydrogen-bond acceptors (Lipinski definition) is 2. The lowest BCUT2D eigenvalue weighted by molar-refractivity contribution is 0.590. The first-order valence-corrected chi connectivity index (χ1v) is 41.7. The van der Waals surface area contributed by atoms with Crippen molar-refractivity contribution in [1.82, 2.24) is 4.57 Å². The van der Waals surface area contributed by atoms with Crippen molar-refractivity contribution in [3.05, 3.63) is 399 Å². The van der Waals surface area contributed by atoms with E-state index in [2.05, 4.69) is 452 Å². The van der Waals surface area contributed by atoms with Crippen molar-refractivity contribution in [3.63, 3.8) is 0 Å². The van der Waals surface area contributed by atoms with Gasteiger partial charge in [-0.05, 0) is 194 Å². The van der Waals surface area contributed by atoms with Crippen LogP contribution in [0.2, 0.25) is 0 Å². The third-order valence-corrected chi connectivity index (χ3v) is 28.5. The first-order chi connectivity index (χ1) is 54.7. The maximum atomic E-state index is 2.78. The minimum absolute atomic E-state index is 0.213. The summed E-state index contributed by atoms with van der Waals surface area (Å²) < 4.78 is 2.55. The fourth-order valence-corrected chi connectivity index (χ4v) is 22.9. The lowest BCUT2D eigenvalue weighted by Gasteiger charge is -2.47. The van der Waals surface area contributed by atoms with Gasteiger partial charge in [0.2, 0.25) is 0 Å². The quantitative estimate of drug-likeness (QED) is 0.0794. The molecule has 0 N–H and O–H groups in total. The summed E-state index contributed by atoms with van der Waals surface area (Å²) in [6, 6.07) is 146. The number of hydrogen-bond donors (Lipinski definition) is 0. The molecule has 17 aromatic rings. The van der Waals surface area contributed by atoms with Crippen molar-refractivity contribution >= 4 is 108 Å². The summed E-state index contributed by atoms with van der Waals surface area (Å²) in [5.41, 5.74) is 31.3. The van der Waals surface area contributed by atoms with Gasteiger partial charge < -0.3 is 14.4 Å². The van der Waals surface area contributed by atoms with Gasteiger partial charge in [0.15, 0.2) is 8.07 Å². The normalized spacial score (nSPS) is 12.7. The van der Waals surface area contributed by atoms with Crippen LogP contribution in [0.15, 0.2) is 382 Å². The largest absolute Gasteiger partial charge is 0.310 e. The zero-order valence-corrected chi connectivity index (χ0v) is 65.9. The maximum Gasteiger partial charge on any atom is 0.252 e. The summed E-state index contributed by atoms with van der Waals surface area (Å²) in [6.45, 7) is 18.8. The van der Waals surface area contributed by atoms with Crippen molar-refractivity contribution in [2.75, 3.05) is 9.80 Å². The van der Waals surface area contributed by atoms with E-state index in [4.69, 9.17) is 0 Å². The molecule has 2 aliphatic heterocycles. The minimum atomic E-state index is -3.22. The Morgan fingerprint density at radius 3 is 0.973 bits per heavy atom. The molecule has 0 aliphatic carbocycles. The van der Waals surface area contributed by atoms with Gasteiger partial charge in [-0.25, -0.2) is 0 Å². The van der Waals surface area contributed by atoms with E-state index in [1.807, 2.05) is 0 Å².